The van der Waals surface area contributed by atoms with E-state index in [1.54, 1.807) is 19.2 Å². The minimum atomic E-state index is -3.50. The summed E-state index contributed by atoms with van der Waals surface area (Å²) in [5.41, 5.74) is 0. The highest BCUT2D eigenvalue weighted by Crippen LogP contribution is 2.17. The van der Waals surface area contributed by atoms with Crippen LogP contribution < -0.4 is 9.46 Å². The van der Waals surface area contributed by atoms with Crippen LogP contribution >= 0.6 is 0 Å². The number of rotatable bonds is 8. The number of hydrogen-bond donors (Lipinski definition) is 1. The minimum Gasteiger partial charge on any atom is -0.491 e. The van der Waals surface area contributed by atoms with Crippen LogP contribution in [-0.4, -0.2) is 48.0 Å². The molecule has 0 unspecified atom stereocenters. The van der Waals surface area contributed by atoms with Gasteiger partial charge in [0.1, 0.15) is 12.4 Å². The summed E-state index contributed by atoms with van der Waals surface area (Å²) in [5, 5.41) is 0. The van der Waals surface area contributed by atoms with Gasteiger partial charge in [-0.05, 0) is 37.1 Å². The molecule has 0 radical (unpaired) electrons. The first-order valence-corrected chi connectivity index (χ1v) is 8.43. The molecule has 0 saturated carbocycles. The van der Waals surface area contributed by atoms with Crippen LogP contribution in [0.15, 0.2) is 29.2 Å². The monoisotopic (exact) mass is 315 g/mol. The lowest BCUT2D eigenvalue weighted by atomic mass is 10.2. The van der Waals surface area contributed by atoms with Crippen molar-refractivity contribution >= 4 is 10.0 Å². The molecule has 1 aliphatic rings. The van der Waals surface area contributed by atoms with Gasteiger partial charge in [-0.15, -0.1) is 0 Å². The van der Waals surface area contributed by atoms with Gasteiger partial charge in [-0.25, -0.2) is 13.1 Å². The number of hydrogen-bond acceptors (Lipinski definition) is 5. The molecule has 118 valence electrons. The van der Waals surface area contributed by atoms with E-state index in [1.807, 2.05) is 0 Å². The van der Waals surface area contributed by atoms with Crippen molar-refractivity contribution in [3.63, 3.8) is 0 Å². The average Bonchev–Trinajstić information content (AvgIpc) is 3.00. The zero-order valence-electron chi connectivity index (χ0n) is 12.1. The average molecular weight is 315 g/mol. The smallest absolute Gasteiger partial charge is 0.240 e. The molecule has 1 aromatic rings. The van der Waals surface area contributed by atoms with Gasteiger partial charge in [0.05, 0.1) is 17.6 Å². The number of methoxy groups -OCH3 is 1. The molecule has 0 bridgehead atoms. The number of ether oxygens (including phenoxy) is 3. The maximum Gasteiger partial charge on any atom is 0.240 e. The Labute approximate surface area is 125 Å². The van der Waals surface area contributed by atoms with E-state index in [0.29, 0.717) is 32.1 Å². The molecule has 1 fully saturated rings. The Balaban J connectivity index is 1.89. The summed E-state index contributed by atoms with van der Waals surface area (Å²) < 4.78 is 42.5. The molecule has 1 heterocycles. The second kappa shape index (κ2) is 7.74. The first-order chi connectivity index (χ1) is 10.1. The first kappa shape index (κ1) is 16.2. The quantitative estimate of drug-likeness (QED) is 0.729. The van der Waals surface area contributed by atoms with Crippen molar-refractivity contribution in [2.75, 3.05) is 33.5 Å². The molecule has 0 spiro atoms. The van der Waals surface area contributed by atoms with E-state index in [9.17, 15) is 8.42 Å². The van der Waals surface area contributed by atoms with Crippen LogP contribution in [0, 0.1) is 0 Å². The number of benzene rings is 1. The van der Waals surface area contributed by atoms with Crippen molar-refractivity contribution in [2.45, 2.75) is 23.8 Å². The Morgan fingerprint density at radius 2 is 2.05 bits per heavy atom. The largest absolute Gasteiger partial charge is 0.491 e. The van der Waals surface area contributed by atoms with Crippen LogP contribution in [0.5, 0.6) is 5.75 Å². The Hall–Kier alpha value is -1.15. The van der Waals surface area contributed by atoms with Crippen LogP contribution in [0.25, 0.3) is 0 Å². The van der Waals surface area contributed by atoms with E-state index < -0.39 is 10.0 Å². The maximum atomic E-state index is 12.1. The highest BCUT2D eigenvalue weighted by Gasteiger charge is 2.20. The highest BCUT2D eigenvalue weighted by molar-refractivity contribution is 7.89. The molecule has 1 N–H and O–H groups in total. The van der Waals surface area contributed by atoms with E-state index in [1.165, 1.54) is 12.1 Å². The summed E-state index contributed by atoms with van der Waals surface area (Å²) in [5.74, 6) is 0.616. The molecule has 2 rings (SSSR count). The molecule has 7 heteroatoms. The normalized spacial score (nSPS) is 18.8. The Morgan fingerprint density at radius 3 is 2.67 bits per heavy atom. The molecule has 1 atom stereocenters. The third-order valence-corrected chi connectivity index (χ3v) is 4.65. The molecule has 0 amide bonds. The van der Waals surface area contributed by atoms with E-state index >= 15 is 0 Å². The van der Waals surface area contributed by atoms with Crippen LogP contribution in [0.3, 0.4) is 0 Å². The fourth-order valence-electron chi connectivity index (χ4n) is 2.05. The number of nitrogens with one attached hydrogen (secondary N) is 1. The van der Waals surface area contributed by atoms with Crippen LogP contribution in [0.4, 0.5) is 0 Å². The second-order valence-corrected chi connectivity index (χ2v) is 6.57. The summed E-state index contributed by atoms with van der Waals surface area (Å²) in [4.78, 5) is 0.222. The van der Waals surface area contributed by atoms with Gasteiger partial charge in [0.25, 0.3) is 0 Å². The summed E-state index contributed by atoms with van der Waals surface area (Å²) in [6.45, 7) is 1.94. The van der Waals surface area contributed by atoms with Gasteiger partial charge in [-0.3, -0.25) is 0 Å². The maximum absolute atomic E-state index is 12.1. The molecule has 1 aromatic carbocycles. The van der Waals surface area contributed by atoms with E-state index in [0.717, 1.165) is 12.8 Å². The first-order valence-electron chi connectivity index (χ1n) is 6.95. The molecule has 0 aliphatic carbocycles. The van der Waals surface area contributed by atoms with Gasteiger partial charge in [0.15, 0.2) is 0 Å². The molecular weight excluding hydrogens is 294 g/mol. The zero-order valence-corrected chi connectivity index (χ0v) is 12.9. The summed E-state index contributed by atoms with van der Waals surface area (Å²) in [6, 6.07) is 6.33. The van der Waals surface area contributed by atoms with Gasteiger partial charge < -0.3 is 14.2 Å². The van der Waals surface area contributed by atoms with Gasteiger partial charge in [-0.2, -0.15) is 0 Å². The van der Waals surface area contributed by atoms with Gasteiger partial charge in [0.2, 0.25) is 10.0 Å². The van der Waals surface area contributed by atoms with Gasteiger partial charge in [0, 0.05) is 20.3 Å². The molecule has 21 heavy (non-hydrogen) atoms. The predicted octanol–water partition coefficient (Wildman–Crippen LogP) is 1.17. The third kappa shape index (κ3) is 4.96. The van der Waals surface area contributed by atoms with Crippen molar-refractivity contribution in [1.29, 1.82) is 0 Å². The lowest BCUT2D eigenvalue weighted by molar-refractivity contribution is 0.114. The third-order valence-electron chi connectivity index (χ3n) is 3.22. The molecule has 0 aromatic heterocycles. The summed E-state index contributed by atoms with van der Waals surface area (Å²) in [6.07, 6.45) is 1.87. The van der Waals surface area contributed by atoms with Crippen LogP contribution in [0.1, 0.15) is 12.8 Å². The Kier molecular flexibility index (Phi) is 5.98. The Morgan fingerprint density at radius 1 is 1.29 bits per heavy atom. The predicted molar refractivity (Wildman–Crippen MR) is 78.0 cm³/mol. The lowest BCUT2D eigenvalue weighted by Gasteiger charge is -2.12. The molecule has 1 aliphatic heterocycles. The summed E-state index contributed by atoms with van der Waals surface area (Å²) >= 11 is 0. The second-order valence-electron chi connectivity index (χ2n) is 4.80. The molecule has 6 nitrogen and oxygen atoms in total. The van der Waals surface area contributed by atoms with E-state index in [2.05, 4.69) is 4.72 Å². The van der Waals surface area contributed by atoms with Gasteiger partial charge in [-0.1, -0.05) is 0 Å². The van der Waals surface area contributed by atoms with Crippen molar-refractivity contribution in [1.82, 2.24) is 4.72 Å². The zero-order chi connectivity index (χ0) is 15.1. The van der Waals surface area contributed by atoms with Crippen LogP contribution in [0.2, 0.25) is 0 Å². The lowest BCUT2D eigenvalue weighted by Crippen LogP contribution is -2.31. The fraction of sp³-hybridized carbons (Fsp3) is 0.571. The Bertz CT molecular complexity index is 523. The van der Waals surface area contributed by atoms with E-state index in [-0.39, 0.29) is 11.0 Å². The number of sulfonamides is 1. The topological polar surface area (TPSA) is 73.9 Å². The van der Waals surface area contributed by atoms with Crippen molar-refractivity contribution in [3.05, 3.63) is 24.3 Å². The van der Waals surface area contributed by atoms with Crippen molar-refractivity contribution in [3.8, 4) is 5.75 Å². The van der Waals surface area contributed by atoms with Crippen molar-refractivity contribution < 1.29 is 22.6 Å². The minimum absolute atomic E-state index is 0.0172. The fourth-order valence-corrected chi connectivity index (χ4v) is 3.12. The molecule has 1 saturated heterocycles. The van der Waals surface area contributed by atoms with Gasteiger partial charge >= 0.3 is 0 Å². The van der Waals surface area contributed by atoms with E-state index in [4.69, 9.17) is 14.2 Å². The SMILES string of the molecule is COCCOc1ccc(S(=O)(=O)NC[C@@H]2CCCO2)cc1. The molecular formula is C14H21NO5S. The highest BCUT2D eigenvalue weighted by atomic mass is 32.2. The van der Waals surface area contributed by atoms with Crippen LogP contribution in [-0.2, 0) is 19.5 Å². The van der Waals surface area contributed by atoms with Crippen molar-refractivity contribution in [2.24, 2.45) is 0 Å². The summed E-state index contributed by atoms with van der Waals surface area (Å²) in [7, 11) is -1.90. The standard InChI is InChI=1S/C14H21NO5S/c1-18-9-10-20-12-4-6-14(7-5-12)21(16,17)15-11-13-3-2-8-19-13/h4-7,13,15H,2-3,8-11H2,1H3/t13-/m0/s1.